The number of benzene rings is 1. The Balaban J connectivity index is 0.954. The lowest BCUT2D eigenvalue weighted by Gasteiger charge is -2.73. The predicted molar refractivity (Wildman–Crippen MR) is 230 cm³/mol. The zero-order valence-corrected chi connectivity index (χ0v) is 37.4. The third kappa shape index (κ3) is 6.95. The van der Waals surface area contributed by atoms with Crippen LogP contribution in [-0.4, -0.2) is 78.4 Å². The summed E-state index contributed by atoms with van der Waals surface area (Å²) in [7, 11) is 0. The molecular weight excluding hydrogens is 741 g/mol. The van der Waals surface area contributed by atoms with Crippen molar-refractivity contribution in [2.45, 2.75) is 132 Å². The maximum Gasteiger partial charge on any atom is 0.309 e. The van der Waals surface area contributed by atoms with Crippen LogP contribution < -0.4 is 9.47 Å². The first-order chi connectivity index (χ1) is 27.7. The zero-order chi connectivity index (χ0) is 42.3. The predicted octanol–water partition coefficient (Wildman–Crippen LogP) is 9.64. The topological polar surface area (TPSA) is 106 Å². The van der Waals surface area contributed by atoms with Crippen molar-refractivity contribution in [2.75, 3.05) is 39.5 Å². The monoisotopic (exact) mass is 813 g/mol. The van der Waals surface area contributed by atoms with Crippen molar-refractivity contribution in [3.63, 3.8) is 0 Å². The standard InChI is InChI=1S/C50H72N2O7/c1-32(2)34-16-21-50(30-51-24-26-52(27-25-51)41(53)15-11-33-10-13-36-37(28-33)58-31-57-36)23-22-48(8)35(43(34)50)12-14-39-47(7)19-18-40(59-42(54)29-45(3,4)44(55)56)46(5,6)38(47)17-20-49(39,48)9/h10-11,13,15,28,34-35,38-40,43H,1,12,14,16-27,29-31H2,2-9H3,(H,55,56)/b15-11+/t34-,35+,38-,39+,40-,43+,47-,48+,49+,50+/m0/s1. The van der Waals surface area contributed by atoms with Gasteiger partial charge in [-0.25, -0.2) is 0 Å². The summed E-state index contributed by atoms with van der Waals surface area (Å²) in [6.45, 7) is 27.5. The lowest BCUT2D eigenvalue weighted by molar-refractivity contribution is -0.251. The van der Waals surface area contributed by atoms with Crippen LogP contribution in [0.5, 0.6) is 11.5 Å². The molecule has 5 saturated carbocycles. The summed E-state index contributed by atoms with van der Waals surface area (Å²) >= 11 is 0. The molecule has 2 heterocycles. The highest BCUT2D eigenvalue weighted by molar-refractivity contribution is 5.92. The number of allylic oxidation sites excluding steroid dienone is 1. The van der Waals surface area contributed by atoms with Crippen LogP contribution in [0, 0.1) is 62.1 Å². The minimum atomic E-state index is -1.14. The van der Waals surface area contributed by atoms with Crippen molar-refractivity contribution in [1.29, 1.82) is 0 Å². The number of rotatable bonds is 9. The van der Waals surface area contributed by atoms with Crippen molar-refractivity contribution in [3.05, 3.63) is 42.0 Å². The summed E-state index contributed by atoms with van der Waals surface area (Å²) in [5, 5.41) is 9.66. The van der Waals surface area contributed by atoms with E-state index in [1.165, 1.54) is 50.5 Å². The number of carboxylic acid groups (broad SMARTS) is 1. The number of piperazine rings is 1. The minimum Gasteiger partial charge on any atom is -0.481 e. The third-order valence-electron chi connectivity index (χ3n) is 18.7. The van der Waals surface area contributed by atoms with Gasteiger partial charge in [-0.15, -0.1) is 0 Å². The molecule has 1 amide bonds. The molecule has 59 heavy (non-hydrogen) atoms. The number of ether oxygens (including phenoxy) is 3. The number of carbonyl (C=O) groups excluding carboxylic acids is 2. The van der Waals surface area contributed by atoms with E-state index in [1.54, 1.807) is 19.9 Å². The Morgan fingerprint density at radius 1 is 0.881 bits per heavy atom. The van der Waals surface area contributed by atoms with Crippen molar-refractivity contribution in [1.82, 2.24) is 9.80 Å². The number of esters is 1. The smallest absolute Gasteiger partial charge is 0.309 e. The number of aliphatic carboxylic acids is 1. The first-order valence-electron chi connectivity index (χ1n) is 22.9. The van der Waals surface area contributed by atoms with E-state index in [2.05, 4.69) is 53.0 Å². The second-order valence-corrected chi connectivity index (χ2v) is 22.3. The molecule has 0 unspecified atom stereocenters. The molecule has 0 bridgehead atoms. The molecular formula is C50H72N2O7. The van der Waals surface area contributed by atoms with Crippen LogP contribution in [0.2, 0.25) is 0 Å². The molecule has 9 nitrogen and oxygen atoms in total. The molecule has 9 heteroatoms. The molecule has 8 rings (SSSR count). The molecule has 10 atom stereocenters. The number of nitrogens with zero attached hydrogens (tertiary/aromatic N) is 2. The van der Waals surface area contributed by atoms with Crippen LogP contribution in [0.1, 0.15) is 132 Å². The second kappa shape index (κ2) is 14.9. The molecule has 324 valence electrons. The van der Waals surface area contributed by atoms with Gasteiger partial charge in [0.1, 0.15) is 6.10 Å². The SMILES string of the molecule is C=C(C)[C@@H]1CC[C@]2(CN3CCN(C(=O)/C=C/c4ccc5c(c4)OCO5)CC3)CC[C@]3(C)[C@H](CC[C@@H]4[C@@]5(C)CC[C@H](OC(=O)CC(C)(C)C(=O)O)C(C)(C)[C@@H]5CC[C@]43C)[C@@H]12. The average molecular weight is 813 g/mol. The number of carbonyl (C=O) groups is 3. The summed E-state index contributed by atoms with van der Waals surface area (Å²) in [5.74, 6) is 3.09. The fourth-order valence-electron chi connectivity index (χ4n) is 15.2. The molecule has 1 saturated heterocycles. The molecule has 1 N–H and O–H groups in total. The van der Waals surface area contributed by atoms with Gasteiger partial charge in [0, 0.05) is 44.2 Å². The van der Waals surface area contributed by atoms with Crippen LogP contribution in [0.3, 0.4) is 0 Å². The van der Waals surface area contributed by atoms with E-state index < -0.39 is 11.4 Å². The van der Waals surface area contributed by atoms with Gasteiger partial charge in [0.2, 0.25) is 12.7 Å². The van der Waals surface area contributed by atoms with Gasteiger partial charge in [-0.3, -0.25) is 19.3 Å². The maximum atomic E-state index is 13.3. The average Bonchev–Trinajstić information content (AvgIpc) is 3.80. The quantitative estimate of drug-likeness (QED) is 0.149. The molecule has 6 fully saturated rings. The summed E-state index contributed by atoms with van der Waals surface area (Å²) < 4.78 is 17.2. The lowest BCUT2D eigenvalue weighted by Crippen LogP contribution is -2.67. The van der Waals surface area contributed by atoms with E-state index in [4.69, 9.17) is 14.2 Å². The number of fused-ring (bicyclic) bond motifs is 8. The highest BCUT2D eigenvalue weighted by Gasteiger charge is 2.71. The molecule has 2 aliphatic heterocycles. The van der Waals surface area contributed by atoms with Gasteiger partial charge in [-0.1, -0.05) is 52.8 Å². The van der Waals surface area contributed by atoms with Gasteiger partial charge >= 0.3 is 11.9 Å². The molecule has 7 aliphatic rings. The van der Waals surface area contributed by atoms with Crippen LogP contribution in [0.4, 0.5) is 0 Å². The van der Waals surface area contributed by atoms with Crippen LogP contribution >= 0.6 is 0 Å². The van der Waals surface area contributed by atoms with E-state index >= 15 is 0 Å². The number of amides is 1. The summed E-state index contributed by atoms with van der Waals surface area (Å²) in [6, 6.07) is 5.78. The van der Waals surface area contributed by atoms with Gasteiger partial charge in [0.25, 0.3) is 0 Å². The van der Waals surface area contributed by atoms with E-state index in [0.29, 0.717) is 29.6 Å². The first kappa shape index (κ1) is 42.4. The van der Waals surface area contributed by atoms with E-state index in [9.17, 15) is 19.5 Å². The molecule has 0 aromatic heterocycles. The van der Waals surface area contributed by atoms with Crippen LogP contribution in [0.25, 0.3) is 6.08 Å². The molecule has 5 aliphatic carbocycles. The Kier molecular flexibility index (Phi) is 10.7. The van der Waals surface area contributed by atoms with Crippen molar-refractivity contribution >= 4 is 23.9 Å². The number of hydrogen-bond donors (Lipinski definition) is 1. The van der Waals surface area contributed by atoms with Gasteiger partial charge < -0.3 is 24.2 Å². The first-order valence-corrected chi connectivity index (χ1v) is 22.9. The third-order valence-corrected chi connectivity index (χ3v) is 18.7. The van der Waals surface area contributed by atoms with E-state index in [1.807, 2.05) is 29.2 Å². The van der Waals surface area contributed by atoms with Crippen molar-refractivity contribution in [2.24, 2.45) is 62.1 Å². The van der Waals surface area contributed by atoms with Crippen molar-refractivity contribution < 1.29 is 33.7 Å². The van der Waals surface area contributed by atoms with Crippen LogP contribution in [0.15, 0.2) is 36.4 Å². The van der Waals surface area contributed by atoms with E-state index in [0.717, 1.165) is 69.0 Å². The Morgan fingerprint density at radius 2 is 1.61 bits per heavy atom. The van der Waals surface area contributed by atoms with Crippen molar-refractivity contribution in [3.8, 4) is 11.5 Å². The van der Waals surface area contributed by atoms with E-state index in [-0.39, 0.29) is 58.3 Å². The van der Waals surface area contributed by atoms with Gasteiger partial charge in [-0.05, 0) is 160 Å². The highest BCUT2D eigenvalue weighted by Crippen LogP contribution is 2.77. The lowest BCUT2D eigenvalue weighted by atomic mass is 9.32. The Morgan fingerprint density at radius 3 is 2.32 bits per heavy atom. The van der Waals surface area contributed by atoms with Crippen LogP contribution in [-0.2, 0) is 19.1 Å². The second-order valence-electron chi connectivity index (χ2n) is 22.3. The number of carboxylic acids is 1. The summed E-state index contributed by atoms with van der Waals surface area (Å²) in [6.07, 6.45) is 15.1. The molecule has 1 aromatic carbocycles. The molecule has 1 aromatic rings. The van der Waals surface area contributed by atoms with Gasteiger partial charge in [-0.2, -0.15) is 0 Å². The largest absolute Gasteiger partial charge is 0.481 e. The van der Waals surface area contributed by atoms with Gasteiger partial charge in [0.05, 0.1) is 11.8 Å². The maximum absolute atomic E-state index is 13.3. The Labute approximate surface area is 353 Å². The van der Waals surface area contributed by atoms with Gasteiger partial charge in [0.15, 0.2) is 11.5 Å². The zero-order valence-electron chi connectivity index (χ0n) is 37.4. The Hall–Kier alpha value is -3.33. The summed E-state index contributed by atoms with van der Waals surface area (Å²) in [4.78, 5) is 43.0. The minimum absolute atomic E-state index is 0.0705. The normalized spacial score (nSPS) is 38.8. The molecule has 0 radical (unpaired) electrons. The fraction of sp³-hybridized carbons (Fsp3) is 0.740. The number of hydrogen-bond acceptors (Lipinski definition) is 7. The highest BCUT2D eigenvalue weighted by atomic mass is 16.7. The summed E-state index contributed by atoms with van der Waals surface area (Å²) in [5.41, 5.74) is 1.87. The fourth-order valence-corrected chi connectivity index (χ4v) is 15.2. The Bertz CT molecular complexity index is 1880. The molecule has 0 spiro atoms.